The first-order valence-electron chi connectivity index (χ1n) is 8.28. The van der Waals surface area contributed by atoms with Crippen LogP contribution in [-0.4, -0.2) is 29.8 Å². The van der Waals surface area contributed by atoms with E-state index < -0.39 is 0 Å². The largest absolute Gasteiger partial charge is 0.339 e. The third-order valence-corrected chi connectivity index (χ3v) is 4.68. The summed E-state index contributed by atoms with van der Waals surface area (Å²) in [5.74, 6) is -0.327. The summed E-state index contributed by atoms with van der Waals surface area (Å²) < 4.78 is 0. The van der Waals surface area contributed by atoms with Gasteiger partial charge in [0.15, 0.2) is 0 Å². The second-order valence-electron chi connectivity index (χ2n) is 5.52. The molecule has 136 valence electrons. The molecule has 2 aromatic carbocycles. The summed E-state index contributed by atoms with van der Waals surface area (Å²) in [6.45, 7) is 5.19. The minimum Gasteiger partial charge on any atom is -0.339 e. The van der Waals surface area contributed by atoms with Crippen LogP contribution in [0.25, 0.3) is 6.08 Å². The number of carbonyl (C=O) groups excluding carboxylic acids is 2. The van der Waals surface area contributed by atoms with E-state index in [1.165, 1.54) is 6.08 Å². The summed E-state index contributed by atoms with van der Waals surface area (Å²) in [7, 11) is 0. The lowest BCUT2D eigenvalue weighted by Gasteiger charge is -2.18. The molecule has 0 unspecified atom stereocenters. The molecular formula is C20H20Cl2N2O2. The number of halogens is 2. The van der Waals surface area contributed by atoms with Crippen LogP contribution in [-0.2, 0) is 4.79 Å². The number of hydrogen-bond acceptors (Lipinski definition) is 2. The molecule has 0 aromatic heterocycles. The predicted molar refractivity (Wildman–Crippen MR) is 108 cm³/mol. The fraction of sp³-hybridized carbons (Fsp3) is 0.200. The van der Waals surface area contributed by atoms with Gasteiger partial charge < -0.3 is 10.2 Å². The fourth-order valence-electron chi connectivity index (χ4n) is 2.39. The Kier molecular flexibility index (Phi) is 7.25. The van der Waals surface area contributed by atoms with Crippen LogP contribution in [0.5, 0.6) is 0 Å². The Morgan fingerprint density at radius 2 is 1.69 bits per heavy atom. The summed E-state index contributed by atoms with van der Waals surface area (Å²) in [4.78, 5) is 26.1. The SMILES string of the molecule is CCN(CC)C(=O)c1ccc(NC(=O)/C=C/c2cccc(Cl)c2Cl)cc1. The molecule has 0 heterocycles. The van der Waals surface area contributed by atoms with Gasteiger partial charge in [0.2, 0.25) is 5.91 Å². The van der Waals surface area contributed by atoms with Gasteiger partial charge in [0.05, 0.1) is 10.0 Å². The van der Waals surface area contributed by atoms with E-state index in [-0.39, 0.29) is 11.8 Å². The molecule has 0 bridgehead atoms. The molecule has 0 aliphatic carbocycles. The predicted octanol–water partition coefficient (Wildman–Crippen LogP) is 5.13. The molecule has 0 aliphatic rings. The van der Waals surface area contributed by atoms with Gasteiger partial charge >= 0.3 is 0 Å². The van der Waals surface area contributed by atoms with Gasteiger partial charge in [-0.05, 0) is 55.8 Å². The first-order chi connectivity index (χ1) is 12.5. The van der Waals surface area contributed by atoms with Crippen LogP contribution in [0, 0.1) is 0 Å². The first kappa shape index (κ1) is 20.0. The van der Waals surface area contributed by atoms with Gasteiger partial charge in [-0.25, -0.2) is 0 Å². The van der Waals surface area contributed by atoms with Gasteiger partial charge in [-0.2, -0.15) is 0 Å². The Bertz CT molecular complexity index is 813. The van der Waals surface area contributed by atoms with Crippen molar-refractivity contribution in [1.29, 1.82) is 0 Å². The van der Waals surface area contributed by atoms with Crippen molar-refractivity contribution >= 4 is 46.8 Å². The number of nitrogens with one attached hydrogen (secondary N) is 1. The van der Waals surface area contributed by atoms with Crippen LogP contribution < -0.4 is 5.32 Å². The van der Waals surface area contributed by atoms with Crippen LogP contribution in [0.15, 0.2) is 48.5 Å². The van der Waals surface area contributed by atoms with Crippen molar-refractivity contribution in [3.63, 3.8) is 0 Å². The molecule has 0 saturated heterocycles. The van der Waals surface area contributed by atoms with E-state index in [0.29, 0.717) is 39.9 Å². The van der Waals surface area contributed by atoms with E-state index in [2.05, 4.69) is 5.32 Å². The minimum absolute atomic E-state index is 0.0247. The van der Waals surface area contributed by atoms with E-state index in [1.807, 2.05) is 13.8 Å². The number of nitrogens with zero attached hydrogens (tertiary/aromatic N) is 1. The van der Waals surface area contributed by atoms with Crippen LogP contribution in [0.2, 0.25) is 10.0 Å². The number of rotatable bonds is 6. The summed E-state index contributed by atoms with van der Waals surface area (Å²) >= 11 is 12.0. The van der Waals surface area contributed by atoms with Crippen LogP contribution in [0.1, 0.15) is 29.8 Å². The molecular weight excluding hydrogens is 371 g/mol. The average molecular weight is 391 g/mol. The molecule has 26 heavy (non-hydrogen) atoms. The Balaban J connectivity index is 2.02. The molecule has 2 rings (SSSR count). The van der Waals surface area contributed by atoms with Gasteiger partial charge in [0.1, 0.15) is 0 Å². The summed E-state index contributed by atoms with van der Waals surface area (Å²) in [6, 6.07) is 12.0. The fourth-order valence-corrected chi connectivity index (χ4v) is 2.76. The molecule has 0 radical (unpaired) electrons. The first-order valence-corrected chi connectivity index (χ1v) is 9.04. The molecule has 0 aliphatic heterocycles. The maximum atomic E-state index is 12.3. The van der Waals surface area contributed by atoms with Gasteiger partial charge in [0, 0.05) is 30.4 Å². The van der Waals surface area contributed by atoms with Crippen LogP contribution in [0.3, 0.4) is 0 Å². The Morgan fingerprint density at radius 3 is 2.31 bits per heavy atom. The normalized spacial score (nSPS) is 10.8. The van der Waals surface area contributed by atoms with Crippen molar-refractivity contribution < 1.29 is 9.59 Å². The van der Waals surface area contributed by atoms with E-state index >= 15 is 0 Å². The number of carbonyl (C=O) groups is 2. The zero-order valence-corrected chi connectivity index (χ0v) is 16.1. The highest BCUT2D eigenvalue weighted by Crippen LogP contribution is 2.26. The van der Waals surface area contributed by atoms with Gasteiger partial charge in [-0.15, -0.1) is 0 Å². The highest BCUT2D eigenvalue weighted by molar-refractivity contribution is 6.42. The minimum atomic E-state index is -0.302. The molecule has 0 fully saturated rings. The Morgan fingerprint density at radius 1 is 1.04 bits per heavy atom. The number of amides is 2. The summed E-state index contributed by atoms with van der Waals surface area (Å²) in [6.07, 6.45) is 2.98. The second-order valence-corrected chi connectivity index (χ2v) is 6.31. The lowest BCUT2D eigenvalue weighted by molar-refractivity contribution is -0.111. The third kappa shape index (κ3) is 5.10. The van der Waals surface area contributed by atoms with Crippen molar-refractivity contribution in [2.45, 2.75) is 13.8 Å². The molecule has 0 saturated carbocycles. The van der Waals surface area contributed by atoms with Crippen molar-refractivity contribution in [3.05, 3.63) is 69.7 Å². The van der Waals surface area contributed by atoms with Crippen LogP contribution in [0.4, 0.5) is 5.69 Å². The maximum absolute atomic E-state index is 12.3. The maximum Gasteiger partial charge on any atom is 0.253 e. The third-order valence-electron chi connectivity index (χ3n) is 3.85. The van der Waals surface area contributed by atoms with E-state index in [4.69, 9.17) is 23.2 Å². The standard InChI is InChI=1S/C20H20Cl2N2O2/c1-3-24(4-2)20(26)15-8-11-16(12-9-15)23-18(25)13-10-14-6-5-7-17(21)19(14)22/h5-13H,3-4H2,1-2H3,(H,23,25)/b13-10+. The summed E-state index contributed by atoms with van der Waals surface area (Å²) in [5.41, 5.74) is 1.86. The zero-order valence-electron chi connectivity index (χ0n) is 14.6. The van der Waals surface area contributed by atoms with Gasteiger partial charge in [-0.3, -0.25) is 9.59 Å². The highest BCUT2D eigenvalue weighted by atomic mass is 35.5. The molecule has 6 heteroatoms. The molecule has 0 atom stereocenters. The van der Waals surface area contributed by atoms with Gasteiger partial charge in [-0.1, -0.05) is 35.3 Å². The van der Waals surface area contributed by atoms with E-state index in [9.17, 15) is 9.59 Å². The van der Waals surface area contributed by atoms with Crippen molar-refractivity contribution in [1.82, 2.24) is 4.90 Å². The Labute approximate surface area is 163 Å². The van der Waals surface area contributed by atoms with Crippen molar-refractivity contribution in [2.24, 2.45) is 0 Å². The zero-order chi connectivity index (χ0) is 19.1. The molecule has 1 N–H and O–H groups in total. The molecule has 2 aromatic rings. The Hall–Kier alpha value is -2.30. The van der Waals surface area contributed by atoms with E-state index in [0.717, 1.165) is 0 Å². The lowest BCUT2D eigenvalue weighted by atomic mass is 10.1. The second kappa shape index (κ2) is 9.41. The highest BCUT2D eigenvalue weighted by Gasteiger charge is 2.12. The smallest absolute Gasteiger partial charge is 0.253 e. The lowest BCUT2D eigenvalue weighted by Crippen LogP contribution is -2.30. The topological polar surface area (TPSA) is 49.4 Å². The van der Waals surface area contributed by atoms with Crippen LogP contribution >= 0.6 is 23.2 Å². The van der Waals surface area contributed by atoms with Gasteiger partial charge in [0.25, 0.3) is 5.91 Å². The number of anilines is 1. The number of benzene rings is 2. The molecule has 4 nitrogen and oxygen atoms in total. The van der Waals surface area contributed by atoms with E-state index in [1.54, 1.807) is 53.4 Å². The van der Waals surface area contributed by atoms with Crippen molar-refractivity contribution in [3.8, 4) is 0 Å². The molecule has 2 amide bonds. The monoisotopic (exact) mass is 390 g/mol. The quantitative estimate of drug-likeness (QED) is 0.695. The number of hydrogen-bond donors (Lipinski definition) is 1. The van der Waals surface area contributed by atoms with Crippen molar-refractivity contribution in [2.75, 3.05) is 18.4 Å². The average Bonchev–Trinajstić information content (AvgIpc) is 2.64. The summed E-state index contributed by atoms with van der Waals surface area (Å²) in [5, 5.41) is 3.58. The molecule has 0 spiro atoms.